The summed E-state index contributed by atoms with van der Waals surface area (Å²) in [5.74, 6) is -3.78. The van der Waals surface area contributed by atoms with Crippen molar-refractivity contribution in [2.75, 3.05) is 44.6 Å². The van der Waals surface area contributed by atoms with Crippen LogP contribution in [0.1, 0.15) is 17.3 Å². The Morgan fingerprint density at radius 2 is 1.85 bits per heavy atom. The second-order valence-electron chi connectivity index (χ2n) is 9.28. The van der Waals surface area contributed by atoms with E-state index in [9.17, 15) is 23.6 Å². The summed E-state index contributed by atoms with van der Waals surface area (Å²) in [5.41, 5.74) is 1.90. The molecule has 0 spiro atoms. The monoisotopic (exact) mass is 554 g/mol. The van der Waals surface area contributed by atoms with Crippen molar-refractivity contribution in [3.8, 4) is 17.0 Å². The Hall–Kier alpha value is -4.78. The van der Waals surface area contributed by atoms with Gasteiger partial charge in [-0.3, -0.25) is 19.1 Å². The number of aromatic nitrogens is 2. The van der Waals surface area contributed by atoms with Gasteiger partial charge in [0, 0.05) is 37.0 Å². The first-order chi connectivity index (χ1) is 19.1. The minimum Gasteiger partial charge on any atom is -0.487 e. The topological polar surface area (TPSA) is 140 Å². The molecule has 0 unspecified atom stereocenters. The molecule has 1 aliphatic heterocycles. The van der Waals surface area contributed by atoms with E-state index in [0.717, 1.165) is 6.07 Å². The molecule has 0 bridgehead atoms. The average molecular weight is 555 g/mol. The van der Waals surface area contributed by atoms with Crippen LogP contribution < -0.4 is 10.1 Å². The highest BCUT2D eigenvalue weighted by Gasteiger charge is 2.40. The third-order valence-electron chi connectivity index (χ3n) is 6.63. The number of hydrogen-bond acceptors (Lipinski definition) is 7. The van der Waals surface area contributed by atoms with Crippen LogP contribution in [0, 0.1) is 5.82 Å². The van der Waals surface area contributed by atoms with E-state index >= 15 is 0 Å². The zero-order valence-electron chi connectivity index (χ0n) is 22.0. The first-order valence-corrected chi connectivity index (χ1v) is 12.5. The number of halogens is 1. The Labute approximate surface area is 229 Å². The van der Waals surface area contributed by atoms with Gasteiger partial charge in [-0.05, 0) is 42.5 Å². The molecule has 1 fully saturated rings. The predicted molar refractivity (Wildman–Crippen MR) is 139 cm³/mol. The Morgan fingerprint density at radius 1 is 1.10 bits per heavy atom. The van der Waals surface area contributed by atoms with E-state index in [1.807, 2.05) is 0 Å². The lowest BCUT2D eigenvalue weighted by Crippen LogP contribution is -2.62. The maximum atomic E-state index is 13.6. The Balaban J connectivity index is 1.53. The van der Waals surface area contributed by atoms with Gasteiger partial charge in [-0.15, -0.1) is 4.65 Å². The molecule has 210 valence electrons. The van der Waals surface area contributed by atoms with E-state index in [4.69, 9.17) is 14.7 Å². The summed E-state index contributed by atoms with van der Waals surface area (Å²) in [4.78, 5) is 54.5. The van der Waals surface area contributed by atoms with Crippen LogP contribution in [0.4, 0.5) is 10.1 Å². The summed E-state index contributed by atoms with van der Waals surface area (Å²) in [6, 6.07) is 12.1. The number of hydroxylamine groups is 3. The van der Waals surface area contributed by atoms with Crippen LogP contribution in [0.15, 0.2) is 54.7 Å². The van der Waals surface area contributed by atoms with Crippen molar-refractivity contribution in [1.29, 1.82) is 0 Å². The standard InChI is InChI=1S/C27H28FN5O7/c1-18(34)32-10-12-33(13-11-32,40-27(38)26(36)37)14-15-39-24-7-6-21(17-22(24)23-8-9-29-31(23)2)30-25(35)19-4-3-5-20(28)16-19/h3-9,16-17H,10-15H2,1-2H3,(H-,30,35,36,37)/p+1. The van der Waals surface area contributed by atoms with E-state index in [1.54, 1.807) is 47.1 Å². The number of carbonyl (C=O) groups is 4. The summed E-state index contributed by atoms with van der Waals surface area (Å²) >= 11 is 0. The number of carboxylic acid groups (broad SMARTS) is 1. The Kier molecular flexibility index (Phi) is 8.43. The lowest BCUT2D eigenvalue weighted by molar-refractivity contribution is -1.09. The number of benzene rings is 2. The van der Waals surface area contributed by atoms with Gasteiger partial charge in [-0.1, -0.05) is 6.07 Å². The minimum absolute atomic E-state index is 0.0484. The van der Waals surface area contributed by atoms with Crippen molar-refractivity contribution in [2.24, 2.45) is 7.05 Å². The van der Waals surface area contributed by atoms with Crippen LogP contribution >= 0.6 is 0 Å². The molecule has 4 rings (SSSR count). The SMILES string of the molecule is CC(=O)N1CC[N+](CCOc2ccc(NC(=O)c3cccc(F)c3)cc2-c2ccnn2C)(OC(=O)C(=O)O)CC1. The number of amides is 2. The van der Waals surface area contributed by atoms with Gasteiger partial charge in [0.2, 0.25) is 5.91 Å². The maximum Gasteiger partial charge on any atom is 0.473 e. The number of piperazine rings is 1. The lowest BCUT2D eigenvalue weighted by atomic mass is 10.1. The molecular weight excluding hydrogens is 525 g/mol. The zero-order chi connectivity index (χ0) is 28.9. The summed E-state index contributed by atoms with van der Waals surface area (Å²) in [7, 11) is 1.75. The second-order valence-corrected chi connectivity index (χ2v) is 9.28. The summed E-state index contributed by atoms with van der Waals surface area (Å²) in [6.07, 6.45) is 1.61. The molecule has 0 aliphatic carbocycles. The molecule has 1 aliphatic rings. The Bertz CT molecular complexity index is 1430. The molecule has 2 N–H and O–H groups in total. The van der Waals surface area contributed by atoms with Crippen molar-refractivity contribution in [2.45, 2.75) is 6.92 Å². The smallest absolute Gasteiger partial charge is 0.473 e. The molecule has 1 saturated heterocycles. The number of aliphatic carboxylic acids is 1. The number of rotatable bonds is 8. The van der Waals surface area contributed by atoms with Gasteiger partial charge >= 0.3 is 11.9 Å². The van der Waals surface area contributed by atoms with E-state index in [1.165, 1.54) is 25.1 Å². The highest BCUT2D eigenvalue weighted by atomic mass is 19.1. The fraction of sp³-hybridized carbons (Fsp3) is 0.296. The number of nitrogens with one attached hydrogen (secondary N) is 1. The molecule has 40 heavy (non-hydrogen) atoms. The number of carboxylic acids is 1. The van der Waals surface area contributed by atoms with Crippen LogP contribution in [0.3, 0.4) is 0 Å². The van der Waals surface area contributed by atoms with Gasteiger partial charge < -0.3 is 20.1 Å². The van der Waals surface area contributed by atoms with Crippen LogP contribution in [-0.2, 0) is 26.3 Å². The molecule has 2 heterocycles. The van der Waals surface area contributed by atoms with Gasteiger partial charge in [0.1, 0.15) is 31.3 Å². The summed E-state index contributed by atoms with van der Waals surface area (Å²) in [5, 5.41) is 16.0. The minimum atomic E-state index is -1.71. The number of carbonyl (C=O) groups excluding carboxylic acids is 3. The molecule has 0 radical (unpaired) electrons. The molecule has 2 aromatic carbocycles. The van der Waals surface area contributed by atoms with Gasteiger partial charge in [0.25, 0.3) is 5.91 Å². The van der Waals surface area contributed by atoms with Crippen molar-refractivity contribution >= 4 is 29.4 Å². The third-order valence-corrected chi connectivity index (χ3v) is 6.63. The third kappa shape index (κ3) is 6.61. The van der Waals surface area contributed by atoms with Crippen LogP contribution in [0.5, 0.6) is 5.75 Å². The molecule has 0 atom stereocenters. The normalized spacial score (nSPS) is 14.3. The summed E-state index contributed by atoms with van der Waals surface area (Å²) in [6.45, 7) is 2.63. The molecule has 3 aromatic rings. The van der Waals surface area contributed by atoms with Crippen LogP contribution in [0.25, 0.3) is 11.3 Å². The zero-order valence-corrected chi connectivity index (χ0v) is 22.0. The molecule has 1 aromatic heterocycles. The molecule has 13 heteroatoms. The molecule has 12 nitrogen and oxygen atoms in total. The number of anilines is 1. The van der Waals surface area contributed by atoms with Crippen LogP contribution in [0.2, 0.25) is 0 Å². The van der Waals surface area contributed by atoms with Crippen molar-refractivity contribution in [3.05, 3.63) is 66.1 Å². The quantitative estimate of drug-likeness (QED) is 0.319. The number of ether oxygens (including phenoxy) is 1. The number of aryl methyl sites for hydroxylation is 1. The number of hydrogen-bond donors (Lipinski definition) is 2. The second kappa shape index (κ2) is 11.9. The van der Waals surface area contributed by atoms with Crippen molar-refractivity contribution in [3.63, 3.8) is 0 Å². The van der Waals surface area contributed by atoms with Gasteiger partial charge in [-0.2, -0.15) is 5.10 Å². The van der Waals surface area contributed by atoms with E-state index in [-0.39, 0.29) is 42.4 Å². The lowest BCUT2D eigenvalue weighted by Gasteiger charge is -2.40. The van der Waals surface area contributed by atoms with Crippen LogP contribution in [-0.4, -0.2) is 87.5 Å². The van der Waals surface area contributed by atoms with Gasteiger partial charge in [-0.25, -0.2) is 14.0 Å². The molecular formula is C27H29FN5O7+. The average Bonchev–Trinajstić information content (AvgIpc) is 3.35. The Morgan fingerprint density at radius 3 is 2.48 bits per heavy atom. The van der Waals surface area contributed by atoms with E-state index in [0.29, 0.717) is 35.8 Å². The number of nitrogens with zero attached hydrogens (tertiary/aromatic N) is 4. The summed E-state index contributed by atoms with van der Waals surface area (Å²) < 4.78 is 21.0. The molecule has 2 amide bonds. The van der Waals surface area contributed by atoms with Crippen molar-refractivity contribution in [1.82, 2.24) is 14.7 Å². The molecule has 0 saturated carbocycles. The van der Waals surface area contributed by atoms with E-state index in [2.05, 4.69) is 10.4 Å². The first-order valence-electron chi connectivity index (χ1n) is 12.5. The van der Waals surface area contributed by atoms with Crippen molar-refractivity contribution < 1.29 is 42.9 Å². The highest BCUT2D eigenvalue weighted by Crippen LogP contribution is 2.33. The largest absolute Gasteiger partial charge is 0.487 e. The van der Waals surface area contributed by atoms with E-state index < -0.39 is 23.7 Å². The highest BCUT2D eigenvalue weighted by molar-refractivity contribution is 6.28. The van der Waals surface area contributed by atoms with Gasteiger partial charge in [0.15, 0.2) is 6.54 Å². The fourth-order valence-corrected chi connectivity index (χ4v) is 4.45. The van der Waals surface area contributed by atoms with Gasteiger partial charge in [0.05, 0.1) is 18.8 Å². The number of quaternary nitrogens is 1. The predicted octanol–water partition coefficient (Wildman–Crippen LogP) is 2.08. The maximum absolute atomic E-state index is 13.6. The fourth-order valence-electron chi connectivity index (χ4n) is 4.45. The first kappa shape index (κ1) is 28.2.